The van der Waals surface area contributed by atoms with Crippen molar-refractivity contribution in [2.75, 3.05) is 6.54 Å². The van der Waals surface area contributed by atoms with Gasteiger partial charge < -0.3 is 4.90 Å². The number of Topliss-reactive ketones (excluding diaryl/α,β-unsaturated/α-hetero) is 2. The molecule has 0 radical (unpaired) electrons. The Bertz CT molecular complexity index is 577. The summed E-state index contributed by atoms with van der Waals surface area (Å²) in [6.07, 6.45) is 0. The molecular weight excluding hydrogens is 228 g/mol. The van der Waals surface area contributed by atoms with Crippen LogP contribution < -0.4 is 0 Å². The van der Waals surface area contributed by atoms with Crippen molar-refractivity contribution < 1.29 is 9.59 Å². The maximum Gasteiger partial charge on any atom is 0.190 e. The molecule has 4 heteroatoms. The molecule has 0 N–H and O–H groups in total. The lowest BCUT2D eigenvalue weighted by atomic mass is 9.83. The Morgan fingerprint density at radius 2 is 1.78 bits per heavy atom. The third-order valence-corrected chi connectivity index (χ3v) is 3.71. The number of carbonyl (C=O) groups excluding carboxylic acids is 2. The molecule has 0 aromatic heterocycles. The highest BCUT2D eigenvalue weighted by Gasteiger charge is 2.47. The van der Waals surface area contributed by atoms with Gasteiger partial charge in [-0.2, -0.15) is 0 Å². The van der Waals surface area contributed by atoms with Gasteiger partial charge in [0, 0.05) is 17.7 Å². The molecule has 1 aliphatic heterocycles. The van der Waals surface area contributed by atoms with Gasteiger partial charge in [-0.15, -0.1) is 0 Å². The van der Waals surface area contributed by atoms with Gasteiger partial charge in [0.05, 0.1) is 5.84 Å². The maximum absolute atomic E-state index is 12.5. The number of likely N-dealkylation sites (N-methyl/N-ethyl adjacent to an activating group) is 1. The zero-order valence-corrected chi connectivity index (χ0v) is 10.4. The first-order chi connectivity index (χ1) is 8.65. The van der Waals surface area contributed by atoms with Gasteiger partial charge >= 0.3 is 0 Å². The normalized spacial score (nSPS) is 25.9. The van der Waals surface area contributed by atoms with E-state index in [-0.39, 0.29) is 11.6 Å². The van der Waals surface area contributed by atoms with E-state index in [1.807, 2.05) is 18.7 Å². The van der Waals surface area contributed by atoms with Crippen LogP contribution >= 0.6 is 0 Å². The molecule has 2 unspecified atom stereocenters. The molecule has 0 fully saturated rings. The van der Waals surface area contributed by atoms with Gasteiger partial charge in [0.15, 0.2) is 11.6 Å². The van der Waals surface area contributed by atoms with Crippen molar-refractivity contribution in [1.29, 1.82) is 0 Å². The van der Waals surface area contributed by atoms with Crippen molar-refractivity contribution in [3.63, 3.8) is 0 Å². The fourth-order valence-corrected chi connectivity index (χ4v) is 2.86. The Morgan fingerprint density at radius 1 is 1.17 bits per heavy atom. The summed E-state index contributed by atoms with van der Waals surface area (Å²) in [5.41, 5.74) is 1.05. The minimum atomic E-state index is -0.549. The van der Waals surface area contributed by atoms with E-state index in [1.54, 1.807) is 24.3 Å². The van der Waals surface area contributed by atoms with Crippen LogP contribution in [-0.2, 0) is 0 Å². The standard InChI is InChI=1S/C14H14N2O2/c1-3-16-8(2)15-11-12(16)14(18)10-7-5-4-6-9(10)13(11)17/h4-7,11-12H,3H2,1-2H3. The van der Waals surface area contributed by atoms with Gasteiger partial charge in [0.2, 0.25) is 0 Å². The van der Waals surface area contributed by atoms with Crippen molar-refractivity contribution in [2.24, 2.45) is 4.99 Å². The fraction of sp³-hybridized carbons (Fsp3) is 0.357. The summed E-state index contributed by atoms with van der Waals surface area (Å²) in [6.45, 7) is 4.52. The van der Waals surface area contributed by atoms with Crippen molar-refractivity contribution >= 4 is 17.4 Å². The van der Waals surface area contributed by atoms with Crippen molar-refractivity contribution in [3.05, 3.63) is 35.4 Å². The predicted octanol–water partition coefficient (Wildman–Crippen LogP) is 1.56. The summed E-state index contributed by atoms with van der Waals surface area (Å²) in [5.74, 6) is 0.755. The quantitative estimate of drug-likeness (QED) is 0.751. The summed E-state index contributed by atoms with van der Waals surface area (Å²) in [6, 6.07) is 6.04. The van der Waals surface area contributed by atoms with Gasteiger partial charge in [0.25, 0.3) is 0 Å². The number of aliphatic imine (C=N–C) groups is 1. The molecule has 18 heavy (non-hydrogen) atoms. The van der Waals surface area contributed by atoms with Crippen molar-refractivity contribution in [1.82, 2.24) is 4.90 Å². The molecule has 1 aromatic carbocycles. The SMILES string of the molecule is CCN1C(C)=NC2C(=O)c3ccccc3C(=O)C21. The molecule has 1 aromatic rings. The summed E-state index contributed by atoms with van der Waals surface area (Å²) in [4.78, 5) is 31.1. The lowest BCUT2D eigenvalue weighted by molar-refractivity contribution is 0.0787. The second-order valence-electron chi connectivity index (χ2n) is 4.63. The fourth-order valence-electron chi connectivity index (χ4n) is 2.86. The number of fused-ring (bicyclic) bond motifs is 2. The van der Waals surface area contributed by atoms with Crippen molar-refractivity contribution in [2.45, 2.75) is 25.9 Å². The zero-order chi connectivity index (χ0) is 12.9. The van der Waals surface area contributed by atoms with E-state index < -0.39 is 12.1 Å². The van der Waals surface area contributed by atoms with Crippen LogP contribution in [0.4, 0.5) is 0 Å². The van der Waals surface area contributed by atoms with E-state index in [4.69, 9.17) is 0 Å². The second-order valence-corrected chi connectivity index (χ2v) is 4.63. The van der Waals surface area contributed by atoms with Gasteiger partial charge in [-0.1, -0.05) is 24.3 Å². The molecule has 1 heterocycles. The smallest absolute Gasteiger partial charge is 0.190 e. The highest BCUT2D eigenvalue weighted by Crippen LogP contribution is 2.30. The molecule has 0 saturated heterocycles. The Kier molecular flexibility index (Phi) is 2.33. The largest absolute Gasteiger partial charge is 0.348 e. The van der Waals surface area contributed by atoms with Crippen molar-refractivity contribution in [3.8, 4) is 0 Å². The molecular formula is C14H14N2O2. The summed E-state index contributed by atoms with van der Waals surface area (Å²) < 4.78 is 0. The molecule has 0 spiro atoms. The van der Waals surface area contributed by atoms with E-state index in [2.05, 4.69) is 4.99 Å². The van der Waals surface area contributed by atoms with E-state index >= 15 is 0 Å². The number of ketones is 2. The van der Waals surface area contributed by atoms with Gasteiger partial charge in [-0.05, 0) is 13.8 Å². The van der Waals surface area contributed by atoms with Crippen LogP contribution in [0.1, 0.15) is 34.6 Å². The lowest BCUT2D eigenvalue weighted by Gasteiger charge is -2.30. The maximum atomic E-state index is 12.5. The average molecular weight is 242 g/mol. The first-order valence-corrected chi connectivity index (χ1v) is 6.13. The number of hydrogen-bond donors (Lipinski definition) is 0. The molecule has 2 aliphatic rings. The zero-order valence-electron chi connectivity index (χ0n) is 10.4. The van der Waals surface area contributed by atoms with Gasteiger partial charge in [-0.25, -0.2) is 0 Å². The Labute approximate surface area is 105 Å². The number of hydrogen-bond acceptors (Lipinski definition) is 4. The van der Waals surface area contributed by atoms with Crippen LogP contribution in [0.15, 0.2) is 29.3 Å². The Morgan fingerprint density at radius 3 is 2.39 bits per heavy atom. The number of nitrogens with zero attached hydrogens (tertiary/aromatic N) is 2. The molecule has 0 bridgehead atoms. The highest BCUT2D eigenvalue weighted by atomic mass is 16.1. The molecule has 0 amide bonds. The van der Waals surface area contributed by atoms with Gasteiger partial charge in [-0.3, -0.25) is 14.6 Å². The Hall–Kier alpha value is -1.97. The highest BCUT2D eigenvalue weighted by molar-refractivity contribution is 6.21. The molecule has 4 nitrogen and oxygen atoms in total. The topological polar surface area (TPSA) is 49.7 Å². The van der Waals surface area contributed by atoms with Crippen LogP contribution in [0.2, 0.25) is 0 Å². The summed E-state index contributed by atoms with van der Waals surface area (Å²) >= 11 is 0. The molecule has 1 aliphatic carbocycles. The Balaban J connectivity index is 2.15. The van der Waals surface area contributed by atoms with Crippen LogP contribution in [-0.4, -0.2) is 40.9 Å². The minimum Gasteiger partial charge on any atom is -0.348 e. The number of benzene rings is 1. The lowest BCUT2D eigenvalue weighted by Crippen LogP contribution is -2.50. The third kappa shape index (κ3) is 1.29. The number of amidine groups is 1. The molecule has 92 valence electrons. The predicted molar refractivity (Wildman–Crippen MR) is 68.2 cm³/mol. The first kappa shape index (κ1) is 11.1. The summed E-state index contributed by atoms with van der Waals surface area (Å²) in [7, 11) is 0. The average Bonchev–Trinajstić information content (AvgIpc) is 2.73. The van der Waals surface area contributed by atoms with E-state index in [9.17, 15) is 9.59 Å². The molecule has 2 atom stereocenters. The molecule has 0 saturated carbocycles. The summed E-state index contributed by atoms with van der Waals surface area (Å²) in [5, 5.41) is 0. The van der Waals surface area contributed by atoms with Gasteiger partial charge in [0.1, 0.15) is 12.1 Å². The number of carbonyl (C=O) groups is 2. The second kappa shape index (κ2) is 3.77. The first-order valence-electron chi connectivity index (χ1n) is 6.13. The number of rotatable bonds is 1. The van der Waals surface area contributed by atoms with E-state index in [1.165, 1.54) is 0 Å². The van der Waals surface area contributed by atoms with Crippen LogP contribution in [0.5, 0.6) is 0 Å². The van der Waals surface area contributed by atoms with E-state index in [0.29, 0.717) is 17.7 Å². The molecule has 3 rings (SSSR count). The van der Waals surface area contributed by atoms with Crippen LogP contribution in [0, 0.1) is 0 Å². The minimum absolute atomic E-state index is 0.0117. The van der Waals surface area contributed by atoms with E-state index in [0.717, 1.165) is 5.84 Å². The van der Waals surface area contributed by atoms with Crippen LogP contribution in [0.3, 0.4) is 0 Å². The van der Waals surface area contributed by atoms with Crippen LogP contribution in [0.25, 0.3) is 0 Å². The third-order valence-electron chi connectivity index (χ3n) is 3.71. The monoisotopic (exact) mass is 242 g/mol.